The molecule has 0 fully saturated rings. The minimum atomic E-state index is -0.347. The van der Waals surface area contributed by atoms with Crippen LogP contribution < -0.4 is 4.74 Å². The van der Waals surface area contributed by atoms with Gasteiger partial charge < -0.3 is 9.64 Å². The third-order valence-electron chi connectivity index (χ3n) is 3.47. The highest BCUT2D eigenvalue weighted by molar-refractivity contribution is 7.98. The summed E-state index contributed by atoms with van der Waals surface area (Å²) in [5.74, 6) is 0.420. The summed E-state index contributed by atoms with van der Waals surface area (Å²) in [6, 6.07) is 9.64. The molecule has 0 aliphatic rings. The van der Waals surface area contributed by atoms with Crippen LogP contribution >= 0.6 is 11.8 Å². The number of thioether (sulfide) groups is 1. The van der Waals surface area contributed by atoms with Crippen molar-refractivity contribution in [2.45, 2.75) is 18.4 Å². The first-order valence-corrected chi connectivity index (χ1v) is 8.40. The van der Waals surface area contributed by atoms with Crippen molar-refractivity contribution in [3.63, 3.8) is 0 Å². The Balaban J connectivity index is 2.33. The minimum absolute atomic E-state index is 0.0930. The zero-order chi connectivity index (χ0) is 17.7. The van der Waals surface area contributed by atoms with Crippen molar-refractivity contribution in [2.75, 3.05) is 13.3 Å². The molecule has 6 heteroatoms. The smallest absolute Gasteiger partial charge is 0.219 e. The van der Waals surface area contributed by atoms with Crippen LogP contribution in [0.5, 0.6) is 11.5 Å². The molecule has 0 N–H and O–H groups in total. The van der Waals surface area contributed by atoms with Crippen molar-refractivity contribution in [3.8, 4) is 11.5 Å². The first kappa shape index (κ1) is 17.8. The van der Waals surface area contributed by atoms with E-state index in [1.807, 2.05) is 0 Å². The summed E-state index contributed by atoms with van der Waals surface area (Å²) in [4.78, 5) is 16.9. The van der Waals surface area contributed by atoms with E-state index < -0.39 is 0 Å². The van der Waals surface area contributed by atoms with Crippen LogP contribution in [0.2, 0.25) is 0 Å². The summed E-state index contributed by atoms with van der Waals surface area (Å²) >= 11 is 1.32. The van der Waals surface area contributed by atoms with E-state index in [1.165, 1.54) is 29.7 Å². The lowest BCUT2D eigenvalue weighted by atomic mass is 10.1. The molecule has 2 rings (SSSR count). The average molecular weight is 344 g/mol. The Morgan fingerprint density at radius 1 is 1.33 bits per heavy atom. The van der Waals surface area contributed by atoms with Crippen molar-refractivity contribution in [1.82, 2.24) is 4.90 Å². The zero-order valence-corrected chi connectivity index (χ0v) is 14.5. The van der Waals surface area contributed by atoms with Gasteiger partial charge in [-0.05, 0) is 30.5 Å². The normalized spacial score (nSPS) is 10.1. The highest BCUT2D eigenvalue weighted by Gasteiger charge is 2.12. The Morgan fingerprint density at radius 3 is 2.67 bits per heavy atom. The first-order valence-electron chi connectivity index (χ1n) is 7.18. The molecule has 2 aromatic carbocycles. The van der Waals surface area contributed by atoms with Crippen LogP contribution in [0.4, 0.5) is 10.1 Å². The lowest BCUT2D eigenvalue weighted by molar-refractivity contribution is -0.128. The predicted octanol–water partition coefficient (Wildman–Crippen LogP) is 4.87. The van der Waals surface area contributed by atoms with Gasteiger partial charge in [-0.15, -0.1) is 11.8 Å². The summed E-state index contributed by atoms with van der Waals surface area (Å²) in [5.41, 5.74) is 1.15. The second-order valence-corrected chi connectivity index (χ2v) is 6.03. The highest BCUT2D eigenvalue weighted by Crippen LogP contribution is 2.32. The fourth-order valence-electron chi connectivity index (χ4n) is 2.06. The van der Waals surface area contributed by atoms with Gasteiger partial charge in [0.15, 0.2) is 5.69 Å². The quantitative estimate of drug-likeness (QED) is 0.573. The van der Waals surface area contributed by atoms with E-state index in [0.717, 1.165) is 0 Å². The molecule has 0 saturated heterocycles. The SMILES string of the molecule is [C-]#[N+]c1ccc(Oc2ccc(SC)c(F)c2)c(CN(C)C(C)=O)c1. The second-order valence-electron chi connectivity index (χ2n) is 5.18. The fraction of sp³-hybridized carbons (Fsp3) is 0.222. The molecule has 0 heterocycles. The van der Waals surface area contributed by atoms with E-state index in [2.05, 4.69) is 4.85 Å². The molecule has 0 bridgehead atoms. The summed E-state index contributed by atoms with van der Waals surface area (Å²) in [5, 5.41) is 0. The molecule has 0 atom stereocenters. The van der Waals surface area contributed by atoms with Crippen molar-refractivity contribution >= 4 is 23.4 Å². The number of rotatable bonds is 5. The van der Waals surface area contributed by atoms with E-state index >= 15 is 0 Å². The Hall–Kier alpha value is -2.52. The maximum absolute atomic E-state index is 13.9. The topological polar surface area (TPSA) is 33.9 Å². The number of amides is 1. The van der Waals surface area contributed by atoms with E-state index in [4.69, 9.17) is 11.3 Å². The Morgan fingerprint density at radius 2 is 2.08 bits per heavy atom. The van der Waals surface area contributed by atoms with Gasteiger partial charge in [-0.2, -0.15) is 0 Å². The largest absolute Gasteiger partial charge is 0.457 e. The molecule has 1 amide bonds. The van der Waals surface area contributed by atoms with Gasteiger partial charge >= 0.3 is 0 Å². The van der Waals surface area contributed by atoms with Gasteiger partial charge in [-0.25, -0.2) is 9.24 Å². The van der Waals surface area contributed by atoms with Gasteiger partial charge in [0, 0.05) is 37.0 Å². The van der Waals surface area contributed by atoms with Crippen LogP contribution in [0, 0.1) is 12.4 Å². The summed E-state index contributed by atoms with van der Waals surface area (Å²) < 4.78 is 19.7. The molecular formula is C18H17FN2O2S. The van der Waals surface area contributed by atoms with Crippen LogP contribution in [0.25, 0.3) is 4.85 Å². The number of hydrogen-bond donors (Lipinski definition) is 0. The molecule has 0 saturated carbocycles. The Kier molecular flexibility index (Phi) is 5.83. The first-order chi connectivity index (χ1) is 11.4. The molecule has 24 heavy (non-hydrogen) atoms. The molecular weight excluding hydrogens is 327 g/mol. The van der Waals surface area contributed by atoms with Gasteiger partial charge in [0.05, 0.1) is 6.57 Å². The fourth-order valence-corrected chi connectivity index (χ4v) is 2.52. The van der Waals surface area contributed by atoms with Crippen LogP contribution in [-0.4, -0.2) is 24.1 Å². The number of hydrogen-bond acceptors (Lipinski definition) is 3. The average Bonchev–Trinajstić information content (AvgIpc) is 2.56. The molecule has 0 aromatic heterocycles. The molecule has 0 unspecified atom stereocenters. The third-order valence-corrected chi connectivity index (χ3v) is 4.24. The second kappa shape index (κ2) is 7.84. The van der Waals surface area contributed by atoms with Crippen LogP contribution in [0.1, 0.15) is 12.5 Å². The van der Waals surface area contributed by atoms with Crippen molar-refractivity contribution in [2.24, 2.45) is 0 Å². The van der Waals surface area contributed by atoms with E-state index in [-0.39, 0.29) is 11.7 Å². The summed E-state index contributed by atoms with van der Waals surface area (Å²) in [6.07, 6.45) is 1.80. The lowest BCUT2D eigenvalue weighted by Crippen LogP contribution is -2.23. The summed E-state index contributed by atoms with van der Waals surface area (Å²) in [6.45, 7) is 8.90. The van der Waals surface area contributed by atoms with Gasteiger partial charge in [-0.3, -0.25) is 4.79 Å². The van der Waals surface area contributed by atoms with Gasteiger partial charge in [0.1, 0.15) is 17.3 Å². The van der Waals surface area contributed by atoms with Gasteiger partial charge in [-0.1, -0.05) is 6.07 Å². The molecule has 4 nitrogen and oxygen atoms in total. The molecule has 0 aliphatic carbocycles. The van der Waals surface area contributed by atoms with E-state index in [1.54, 1.807) is 43.6 Å². The molecule has 0 aliphatic heterocycles. The lowest BCUT2D eigenvalue weighted by Gasteiger charge is -2.18. The highest BCUT2D eigenvalue weighted by atomic mass is 32.2. The maximum Gasteiger partial charge on any atom is 0.219 e. The monoisotopic (exact) mass is 344 g/mol. The zero-order valence-electron chi connectivity index (χ0n) is 13.7. The van der Waals surface area contributed by atoms with Crippen LogP contribution in [-0.2, 0) is 11.3 Å². The van der Waals surface area contributed by atoms with Crippen LogP contribution in [0.3, 0.4) is 0 Å². The summed E-state index contributed by atoms with van der Waals surface area (Å²) in [7, 11) is 1.67. The number of benzene rings is 2. The minimum Gasteiger partial charge on any atom is -0.457 e. The van der Waals surface area contributed by atoms with Gasteiger partial charge in [0.25, 0.3) is 0 Å². The van der Waals surface area contributed by atoms with Crippen LogP contribution in [0.15, 0.2) is 41.3 Å². The number of carbonyl (C=O) groups excluding carboxylic acids is 1. The molecule has 0 radical (unpaired) electrons. The number of halogens is 1. The standard InChI is InChI=1S/C18H17FN2O2S/c1-12(22)21(3)11-13-9-14(20-2)5-7-17(13)23-15-6-8-18(24-4)16(19)10-15/h5-10H,11H2,1,3-4H3. The van der Waals surface area contributed by atoms with E-state index in [9.17, 15) is 9.18 Å². The molecule has 2 aromatic rings. The van der Waals surface area contributed by atoms with Crippen molar-refractivity contribution in [3.05, 3.63) is 59.2 Å². The maximum atomic E-state index is 13.9. The Bertz CT molecular complexity index is 802. The number of carbonyl (C=O) groups is 1. The molecule has 124 valence electrons. The number of nitrogens with zero attached hydrogens (tertiary/aromatic N) is 2. The Labute approximate surface area is 145 Å². The third kappa shape index (κ3) is 4.27. The van der Waals surface area contributed by atoms with Crippen molar-refractivity contribution < 1.29 is 13.9 Å². The molecule has 0 spiro atoms. The van der Waals surface area contributed by atoms with Gasteiger partial charge in [0.2, 0.25) is 5.91 Å². The predicted molar refractivity (Wildman–Crippen MR) is 93.1 cm³/mol. The van der Waals surface area contributed by atoms with Crippen molar-refractivity contribution in [1.29, 1.82) is 0 Å². The number of ether oxygens (including phenoxy) is 1. The van der Waals surface area contributed by atoms with E-state index in [0.29, 0.717) is 34.2 Å².